The quantitative estimate of drug-likeness (QED) is 0.336. The fraction of sp³-hybridized carbons (Fsp3) is 0.650. The number of ether oxygens (including phenoxy) is 3. The van der Waals surface area contributed by atoms with Crippen LogP contribution in [0, 0.1) is 0 Å². The van der Waals surface area contributed by atoms with E-state index < -0.39 is 0 Å². The van der Waals surface area contributed by atoms with Crippen molar-refractivity contribution in [1.29, 1.82) is 0 Å². The van der Waals surface area contributed by atoms with Gasteiger partial charge in [-0.2, -0.15) is 0 Å². The van der Waals surface area contributed by atoms with Crippen LogP contribution in [0.15, 0.2) is 23.2 Å². The number of methoxy groups -OCH3 is 2. The van der Waals surface area contributed by atoms with Crippen LogP contribution < -0.4 is 20.5 Å². The Labute approximate surface area is 186 Å². The Bertz CT molecular complexity index is 644. The molecule has 2 rings (SSSR count). The molecule has 2 atom stereocenters. The number of hydrogen-bond acceptors (Lipinski definition) is 5. The lowest BCUT2D eigenvalue weighted by atomic mass is 10.00. The van der Waals surface area contributed by atoms with Crippen LogP contribution in [0.5, 0.6) is 11.5 Å². The van der Waals surface area contributed by atoms with E-state index >= 15 is 0 Å². The molecule has 1 aromatic rings. The Balaban J connectivity index is 0.00000392. The van der Waals surface area contributed by atoms with Crippen LogP contribution in [-0.4, -0.2) is 62.5 Å². The summed E-state index contributed by atoms with van der Waals surface area (Å²) in [6, 6.07) is 5.74. The first-order chi connectivity index (χ1) is 12.7. The molecule has 0 saturated carbocycles. The van der Waals surface area contributed by atoms with Crippen LogP contribution in [0.1, 0.15) is 33.3 Å². The number of aliphatic imine (C=N–C) groups is 1. The highest BCUT2D eigenvalue weighted by Gasteiger charge is 2.33. The van der Waals surface area contributed by atoms with E-state index in [1.807, 2.05) is 18.2 Å². The molecule has 1 saturated heterocycles. The first kappa shape index (κ1) is 24.8. The molecule has 1 aromatic carbocycles. The van der Waals surface area contributed by atoms with Gasteiger partial charge >= 0.3 is 0 Å². The van der Waals surface area contributed by atoms with Crippen molar-refractivity contribution in [3.63, 3.8) is 0 Å². The Kier molecular flexibility index (Phi) is 9.79. The number of nitrogens with zero attached hydrogens (tertiary/aromatic N) is 2. The maximum Gasteiger partial charge on any atom is 0.188 e. The minimum absolute atomic E-state index is 0. The van der Waals surface area contributed by atoms with Gasteiger partial charge in [-0.3, -0.25) is 4.90 Å². The first-order valence-corrected chi connectivity index (χ1v) is 9.40. The average molecular weight is 506 g/mol. The summed E-state index contributed by atoms with van der Waals surface area (Å²) in [6.07, 6.45) is 0.480. The van der Waals surface area contributed by atoms with Crippen LogP contribution in [0.2, 0.25) is 0 Å². The van der Waals surface area contributed by atoms with Gasteiger partial charge < -0.3 is 25.3 Å². The van der Waals surface area contributed by atoms with E-state index in [4.69, 9.17) is 19.9 Å². The van der Waals surface area contributed by atoms with E-state index in [2.05, 4.69) is 42.9 Å². The van der Waals surface area contributed by atoms with E-state index in [9.17, 15) is 0 Å². The summed E-state index contributed by atoms with van der Waals surface area (Å²) >= 11 is 0. The standard InChI is InChI=1S/C20H34N4O3.HI/c1-14-11-24(12-15(2)27-14)20(3,4)13-23-19(21)22-10-16-7-8-17(25-5)18(9-16)26-6;/h7-9,14-15H,10-13H2,1-6H3,(H3,21,22,23);1H. The van der Waals surface area contributed by atoms with Gasteiger partial charge in [0.1, 0.15) is 0 Å². The lowest BCUT2D eigenvalue weighted by Gasteiger charge is -2.45. The summed E-state index contributed by atoms with van der Waals surface area (Å²) in [5.41, 5.74) is 7.04. The van der Waals surface area contributed by atoms with Crippen LogP contribution in [0.4, 0.5) is 0 Å². The molecule has 160 valence electrons. The Hall–Kier alpha value is -1.26. The zero-order valence-electron chi connectivity index (χ0n) is 17.8. The number of nitrogens with two attached hydrogens (primary N) is 1. The Morgan fingerprint density at radius 2 is 1.82 bits per heavy atom. The highest BCUT2D eigenvalue weighted by molar-refractivity contribution is 14.0. The lowest BCUT2D eigenvalue weighted by Crippen LogP contribution is -2.59. The largest absolute Gasteiger partial charge is 0.493 e. The third-order valence-electron chi connectivity index (χ3n) is 4.86. The van der Waals surface area contributed by atoms with Gasteiger partial charge in [-0.05, 0) is 45.4 Å². The molecular weight excluding hydrogens is 471 g/mol. The smallest absolute Gasteiger partial charge is 0.188 e. The molecule has 0 bridgehead atoms. The third kappa shape index (κ3) is 6.97. The molecule has 0 aliphatic carbocycles. The van der Waals surface area contributed by atoms with Crippen molar-refractivity contribution in [2.45, 2.75) is 52.0 Å². The molecule has 28 heavy (non-hydrogen) atoms. The highest BCUT2D eigenvalue weighted by atomic mass is 127. The molecular formula is C20H35IN4O3. The van der Waals surface area contributed by atoms with Crippen molar-refractivity contribution in [2.75, 3.05) is 33.9 Å². The van der Waals surface area contributed by atoms with Gasteiger partial charge in [0.25, 0.3) is 0 Å². The van der Waals surface area contributed by atoms with E-state index in [1.165, 1.54) is 0 Å². The summed E-state index contributed by atoms with van der Waals surface area (Å²) in [6.45, 7) is 11.7. The van der Waals surface area contributed by atoms with Gasteiger partial charge in [-0.1, -0.05) is 6.07 Å². The number of morpholine rings is 1. The number of halogens is 1. The summed E-state index contributed by atoms with van der Waals surface area (Å²) in [5, 5.41) is 3.26. The number of nitrogens with one attached hydrogen (secondary N) is 1. The van der Waals surface area contributed by atoms with E-state index in [0.29, 0.717) is 30.5 Å². The third-order valence-corrected chi connectivity index (χ3v) is 4.86. The maximum absolute atomic E-state index is 6.08. The molecule has 0 spiro atoms. The van der Waals surface area contributed by atoms with Gasteiger partial charge in [-0.25, -0.2) is 4.99 Å². The Morgan fingerprint density at radius 3 is 2.39 bits per heavy atom. The maximum atomic E-state index is 6.08. The number of hydrogen-bond donors (Lipinski definition) is 2. The van der Waals surface area contributed by atoms with Crippen molar-refractivity contribution in [1.82, 2.24) is 10.2 Å². The second-order valence-electron chi connectivity index (χ2n) is 7.72. The molecule has 1 fully saturated rings. The normalized spacial score (nSPS) is 21.0. The van der Waals surface area contributed by atoms with E-state index in [-0.39, 0.29) is 41.7 Å². The second kappa shape index (κ2) is 11.1. The molecule has 0 aromatic heterocycles. The lowest BCUT2D eigenvalue weighted by molar-refractivity contribution is -0.0946. The number of rotatable bonds is 7. The summed E-state index contributed by atoms with van der Waals surface area (Å²) in [5.74, 6) is 1.83. The molecule has 2 unspecified atom stereocenters. The van der Waals surface area contributed by atoms with Crippen molar-refractivity contribution >= 4 is 29.9 Å². The summed E-state index contributed by atoms with van der Waals surface area (Å²) in [4.78, 5) is 6.89. The van der Waals surface area contributed by atoms with Crippen molar-refractivity contribution < 1.29 is 14.2 Å². The molecule has 3 N–H and O–H groups in total. The van der Waals surface area contributed by atoms with Crippen molar-refractivity contribution in [2.24, 2.45) is 10.7 Å². The molecule has 1 aliphatic rings. The molecule has 8 heteroatoms. The fourth-order valence-electron chi connectivity index (χ4n) is 3.30. The average Bonchev–Trinajstić information content (AvgIpc) is 2.63. The minimum atomic E-state index is -0.0459. The minimum Gasteiger partial charge on any atom is -0.493 e. The summed E-state index contributed by atoms with van der Waals surface area (Å²) < 4.78 is 16.4. The van der Waals surface area contributed by atoms with Crippen molar-refractivity contribution in [3.8, 4) is 11.5 Å². The van der Waals surface area contributed by atoms with Crippen molar-refractivity contribution in [3.05, 3.63) is 23.8 Å². The topological polar surface area (TPSA) is 81.3 Å². The van der Waals surface area contributed by atoms with Crippen LogP contribution in [-0.2, 0) is 11.3 Å². The SMILES string of the molecule is COc1ccc(CN=C(N)NCC(C)(C)N2CC(C)OC(C)C2)cc1OC.I. The highest BCUT2D eigenvalue weighted by Crippen LogP contribution is 2.27. The van der Waals surface area contributed by atoms with E-state index in [0.717, 1.165) is 18.7 Å². The predicted octanol–water partition coefficient (Wildman–Crippen LogP) is 2.61. The molecule has 7 nitrogen and oxygen atoms in total. The first-order valence-electron chi connectivity index (χ1n) is 9.40. The molecule has 0 amide bonds. The molecule has 0 radical (unpaired) electrons. The van der Waals surface area contributed by atoms with Gasteiger partial charge in [-0.15, -0.1) is 24.0 Å². The molecule has 1 heterocycles. The van der Waals surface area contributed by atoms with Gasteiger partial charge in [0.05, 0.1) is 33.0 Å². The van der Waals surface area contributed by atoms with Gasteiger partial charge in [0.2, 0.25) is 0 Å². The predicted molar refractivity (Wildman–Crippen MR) is 124 cm³/mol. The number of benzene rings is 1. The second-order valence-corrected chi connectivity index (χ2v) is 7.72. The van der Waals surface area contributed by atoms with Crippen LogP contribution >= 0.6 is 24.0 Å². The Morgan fingerprint density at radius 1 is 1.21 bits per heavy atom. The number of guanidine groups is 1. The zero-order valence-corrected chi connectivity index (χ0v) is 20.2. The van der Waals surface area contributed by atoms with E-state index in [1.54, 1.807) is 14.2 Å². The zero-order chi connectivity index (χ0) is 20.0. The van der Waals surface area contributed by atoms with Gasteiger partial charge in [0.15, 0.2) is 17.5 Å². The molecule has 1 aliphatic heterocycles. The monoisotopic (exact) mass is 506 g/mol. The van der Waals surface area contributed by atoms with Gasteiger partial charge in [0, 0.05) is 25.2 Å². The van der Waals surface area contributed by atoms with Crippen LogP contribution in [0.3, 0.4) is 0 Å². The summed E-state index contributed by atoms with van der Waals surface area (Å²) in [7, 11) is 3.24. The fourth-order valence-corrected chi connectivity index (χ4v) is 3.30. The van der Waals surface area contributed by atoms with Crippen LogP contribution in [0.25, 0.3) is 0 Å².